The van der Waals surface area contributed by atoms with Gasteiger partial charge in [0.25, 0.3) is 0 Å². The number of aromatic nitrogens is 2. The standard InChI is InChI=1S/C6H10N2O/c1-6(9)5-8-4-2-3-7-8/h2-4,6,9H,5H2,1H3/t6-/m1/s1. The summed E-state index contributed by atoms with van der Waals surface area (Å²) in [6.07, 6.45) is 3.21. The van der Waals surface area contributed by atoms with Gasteiger partial charge in [-0.1, -0.05) is 0 Å². The zero-order chi connectivity index (χ0) is 6.69. The molecule has 0 radical (unpaired) electrons. The lowest BCUT2D eigenvalue weighted by Crippen LogP contribution is -2.11. The van der Waals surface area contributed by atoms with Gasteiger partial charge in [0.15, 0.2) is 0 Å². The monoisotopic (exact) mass is 126 g/mol. The van der Waals surface area contributed by atoms with Crippen LogP contribution in [0.15, 0.2) is 18.5 Å². The second-order valence-electron chi connectivity index (χ2n) is 2.08. The van der Waals surface area contributed by atoms with E-state index < -0.39 is 0 Å². The molecule has 3 nitrogen and oxygen atoms in total. The molecule has 0 aromatic carbocycles. The first kappa shape index (κ1) is 6.29. The molecule has 1 heterocycles. The number of rotatable bonds is 2. The third-order valence-corrected chi connectivity index (χ3v) is 1.01. The van der Waals surface area contributed by atoms with Crippen LogP contribution in [-0.2, 0) is 6.54 Å². The summed E-state index contributed by atoms with van der Waals surface area (Å²) in [4.78, 5) is 0. The van der Waals surface area contributed by atoms with Gasteiger partial charge in [-0.15, -0.1) is 0 Å². The molecule has 0 aliphatic carbocycles. The van der Waals surface area contributed by atoms with Crippen molar-refractivity contribution in [1.82, 2.24) is 9.78 Å². The van der Waals surface area contributed by atoms with Crippen LogP contribution in [-0.4, -0.2) is 21.0 Å². The van der Waals surface area contributed by atoms with Gasteiger partial charge < -0.3 is 5.11 Å². The van der Waals surface area contributed by atoms with E-state index in [1.165, 1.54) is 0 Å². The summed E-state index contributed by atoms with van der Waals surface area (Å²) < 4.78 is 1.70. The Morgan fingerprint density at radius 1 is 1.78 bits per heavy atom. The number of aliphatic hydroxyl groups is 1. The van der Waals surface area contributed by atoms with E-state index in [-0.39, 0.29) is 6.10 Å². The molecule has 0 spiro atoms. The Bertz CT molecular complexity index is 158. The Morgan fingerprint density at radius 3 is 3.00 bits per heavy atom. The highest BCUT2D eigenvalue weighted by atomic mass is 16.3. The summed E-state index contributed by atoms with van der Waals surface area (Å²) in [6.45, 7) is 2.31. The van der Waals surface area contributed by atoms with E-state index in [1.807, 2.05) is 12.3 Å². The smallest absolute Gasteiger partial charge is 0.0708 e. The van der Waals surface area contributed by atoms with Crippen LogP contribution in [0.1, 0.15) is 6.92 Å². The topological polar surface area (TPSA) is 38.0 Å². The normalized spacial score (nSPS) is 13.6. The first-order chi connectivity index (χ1) is 4.29. The van der Waals surface area contributed by atoms with E-state index in [4.69, 9.17) is 5.11 Å². The number of nitrogens with zero attached hydrogens (tertiary/aromatic N) is 2. The highest BCUT2D eigenvalue weighted by molar-refractivity contribution is 4.77. The molecule has 0 unspecified atom stereocenters. The summed E-state index contributed by atoms with van der Waals surface area (Å²) in [5.41, 5.74) is 0. The summed E-state index contributed by atoms with van der Waals surface area (Å²) in [5.74, 6) is 0. The lowest BCUT2D eigenvalue weighted by molar-refractivity contribution is 0.168. The van der Waals surface area contributed by atoms with Crippen molar-refractivity contribution >= 4 is 0 Å². The molecule has 50 valence electrons. The van der Waals surface area contributed by atoms with Crippen LogP contribution in [0.4, 0.5) is 0 Å². The van der Waals surface area contributed by atoms with Crippen LogP contribution < -0.4 is 0 Å². The minimum absolute atomic E-state index is 0.315. The number of hydrogen-bond donors (Lipinski definition) is 1. The van der Waals surface area contributed by atoms with Gasteiger partial charge in [-0.25, -0.2) is 0 Å². The molecule has 1 atom stereocenters. The van der Waals surface area contributed by atoms with E-state index in [1.54, 1.807) is 17.8 Å². The molecule has 0 aliphatic rings. The largest absolute Gasteiger partial charge is 0.391 e. The van der Waals surface area contributed by atoms with Crippen LogP contribution in [0.2, 0.25) is 0 Å². The summed E-state index contributed by atoms with van der Waals surface area (Å²) >= 11 is 0. The molecular formula is C6H10N2O. The zero-order valence-corrected chi connectivity index (χ0v) is 5.36. The van der Waals surface area contributed by atoms with Crippen molar-refractivity contribution in [1.29, 1.82) is 0 Å². The van der Waals surface area contributed by atoms with Gasteiger partial charge in [-0.2, -0.15) is 5.10 Å². The molecular weight excluding hydrogens is 116 g/mol. The molecule has 1 rings (SSSR count). The maximum Gasteiger partial charge on any atom is 0.0708 e. The summed E-state index contributed by atoms with van der Waals surface area (Å²) in [6, 6.07) is 1.84. The Hall–Kier alpha value is -0.830. The highest BCUT2D eigenvalue weighted by Gasteiger charge is 1.94. The average molecular weight is 126 g/mol. The van der Waals surface area contributed by atoms with E-state index >= 15 is 0 Å². The Balaban J connectivity index is 2.48. The van der Waals surface area contributed by atoms with E-state index in [9.17, 15) is 0 Å². The lowest BCUT2D eigenvalue weighted by atomic mass is 10.4. The van der Waals surface area contributed by atoms with Gasteiger partial charge in [0, 0.05) is 12.4 Å². The maximum atomic E-state index is 8.86. The molecule has 9 heavy (non-hydrogen) atoms. The van der Waals surface area contributed by atoms with Gasteiger partial charge in [0.2, 0.25) is 0 Å². The Morgan fingerprint density at radius 2 is 2.56 bits per heavy atom. The fourth-order valence-corrected chi connectivity index (χ4v) is 0.679. The van der Waals surface area contributed by atoms with Gasteiger partial charge >= 0.3 is 0 Å². The molecule has 0 saturated heterocycles. The lowest BCUT2D eigenvalue weighted by Gasteiger charge is -2.01. The van der Waals surface area contributed by atoms with Crippen molar-refractivity contribution in [2.75, 3.05) is 0 Å². The molecule has 1 N–H and O–H groups in total. The van der Waals surface area contributed by atoms with Crippen LogP contribution in [0, 0.1) is 0 Å². The predicted molar refractivity (Wildman–Crippen MR) is 33.9 cm³/mol. The van der Waals surface area contributed by atoms with Gasteiger partial charge in [-0.3, -0.25) is 4.68 Å². The minimum Gasteiger partial charge on any atom is -0.391 e. The van der Waals surface area contributed by atoms with Crippen LogP contribution >= 0.6 is 0 Å². The third kappa shape index (κ3) is 1.85. The van der Waals surface area contributed by atoms with Crippen molar-refractivity contribution in [2.24, 2.45) is 0 Å². The molecule has 0 saturated carbocycles. The first-order valence-electron chi connectivity index (χ1n) is 2.94. The first-order valence-corrected chi connectivity index (χ1v) is 2.94. The molecule has 1 aromatic rings. The molecule has 0 fully saturated rings. The van der Waals surface area contributed by atoms with Crippen molar-refractivity contribution in [2.45, 2.75) is 19.6 Å². The summed E-state index contributed by atoms with van der Waals surface area (Å²) in [7, 11) is 0. The molecule has 0 amide bonds. The van der Waals surface area contributed by atoms with Crippen LogP contribution in [0.5, 0.6) is 0 Å². The van der Waals surface area contributed by atoms with Crippen molar-refractivity contribution in [3.63, 3.8) is 0 Å². The van der Waals surface area contributed by atoms with Crippen molar-refractivity contribution < 1.29 is 5.11 Å². The quantitative estimate of drug-likeness (QED) is 0.617. The summed E-state index contributed by atoms with van der Waals surface area (Å²) in [5, 5.41) is 12.8. The molecule has 3 heteroatoms. The molecule has 1 aromatic heterocycles. The SMILES string of the molecule is C[C@@H](O)Cn1cccn1. The van der Waals surface area contributed by atoms with Crippen LogP contribution in [0.3, 0.4) is 0 Å². The van der Waals surface area contributed by atoms with Crippen molar-refractivity contribution in [3.8, 4) is 0 Å². The predicted octanol–water partition coefficient (Wildman–Crippen LogP) is 0.264. The van der Waals surface area contributed by atoms with Gasteiger partial charge in [-0.05, 0) is 13.0 Å². The minimum atomic E-state index is -0.315. The molecule has 0 aliphatic heterocycles. The van der Waals surface area contributed by atoms with E-state index in [0.717, 1.165) is 0 Å². The average Bonchev–Trinajstić information content (AvgIpc) is 2.15. The highest BCUT2D eigenvalue weighted by Crippen LogP contribution is 1.87. The maximum absolute atomic E-state index is 8.86. The van der Waals surface area contributed by atoms with Crippen molar-refractivity contribution in [3.05, 3.63) is 18.5 Å². The van der Waals surface area contributed by atoms with Crippen LogP contribution in [0.25, 0.3) is 0 Å². The second kappa shape index (κ2) is 2.64. The van der Waals surface area contributed by atoms with Gasteiger partial charge in [0.1, 0.15) is 0 Å². The molecule has 0 bridgehead atoms. The number of hydrogen-bond acceptors (Lipinski definition) is 2. The van der Waals surface area contributed by atoms with E-state index in [0.29, 0.717) is 6.54 Å². The fourth-order valence-electron chi connectivity index (χ4n) is 0.679. The zero-order valence-electron chi connectivity index (χ0n) is 5.36. The number of aliphatic hydroxyl groups excluding tert-OH is 1. The fraction of sp³-hybridized carbons (Fsp3) is 0.500. The Kier molecular flexibility index (Phi) is 1.85. The van der Waals surface area contributed by atoms with Gasteiger partial charge in [0.05, 0.1) is 12.6 Å². The van der Waals surface area contributed by atoms with E-state index in [2.05, 4.69) is 5.10 Å². The Labute approximate surface area is 53.9 Å². The third-order valence-electron chi connectivity index (χ3n) is 1.01. The second-order valence-corrected chi connectivity index (χ2v) is 2.08.